The quantitative estimate of drug-likeness (QED) is 0.311. The molecule has 0 saturated carbocycles. The lowest BCUT2D eigenvalue weighted by molar-refractivity contribution is -0.122. The van der Waals surface area contributed by atoms with Gasteiger partial charge in [0.2, 0.25) is 0 Å². The first kappa shape index (κ1) is 23.8. The Balaban J connectivity index is 1.71. The van der Waals surface area contributed by atoms with Gasteiger partial charge in [-0.05, 0) is 59.7 Å². The molecule has 9 heteroatoms. The molecule has 0 unspecified atom stereocenters. The number of urea groups is 1. The molecule has 1 heterocycles. The van der Waals surface area contributed by atoms with Crippen molar-refractivity contribution in [1.82, 2.24) is 5.32 Å². The highest BCUT2D eigenvalue weighted by molar-refractivity contribution is 9.10. The molecule has 1 N–H and O–H groups in total. The highest BCUT2D eigenvalue weighted by atomic mass is 79.9. The average Bonchev–Trinajstić information content (AvgIpc) is 2.80. The minimum atomic E-state index is -0.825. The van der Waals surface area contributed by atoms with E-state index < -0.39 is 17.8 Å². The second-order valence-electron chi connectivity index (χ2n) is 7.39. The van der Waals surface area contributed by atoms with Crippen LogP contribution >= 0.6 is 31.9 Å². The number of rotatable bonds is 5. The molecule has 34 heavy (non-hydrogen) atoms. The number of amides is 4. The Hall–Kier alpha value is -3.30. The number of nitrogens with zero attached hydrogens (tertiary/aromatic N) is 1. The van der Waals surface area contributed by atoms with Crippen molar-refractivity contribution in [2.75, 3.05) is 12.0 Å². The number of carbonyl (C=O) groups excluding carboxylic acids is 3. The molecule has 4 rings (SSSR count). The number of benzene rings is 3. The number of imide groups is 2. The summed E-state index contributed by atoms with van der Waals surface area (Å²) in [7, 11) is 1.48. The van der Waals surface area contributed by atoms with Crippen LogP contribution in [0, 0.1) is 5.82 Å². The normalized spacial score (nSPS) is 15.0. The Bertz CT molecular complexity index is 1340. The van der Waals surface area contributed by atoms with Crippen molar-refractivity contribution in [3.63, 3.8) is 0 Å². The van der Waals surface area contributed by atoms with Crippen LogP contribution in [0.25, 0.3) is 6.08 Å². The van der Waals surface area contributed by atoms with Crippen LogP contribution in [-0.2, 0) is 16.0 Å². The zero-order chi connectivity index (χ0) is 24.4. The summed E-state index contributed by atoms with van der Waals surface area (Å²) >= 11 is 6.80. The van der Waals surface area contributed by atoms with Gasteiger partial charge in [-0.25, -0.2) is 14.1 Å². The summed E-state index contributed by atoms with van der Waals surface area (Å²) < 4.78 is 21.1. The van der Waals surface area contributed by atoms with Crippen LogP contribution in [0.1, 0.15) is 16.7 Å². The van der Waals surface area contributed by atoms with Crippen LogP contribution in [0.15, 0.2) is 75.2 Å². The molecular formula is C25H17Br2FN2O4. The highest BCUT2D eigenvalue weighted by Gasteiger charge is 2.36. The third-order valence-electron chi connectivity index (χ3n) is 5.22. The number of barbiturate groups is 1. The third kappa shape index (κ3) is 4.80. The van der Waals surface area contributed by atoms with E-state index in [1.54, 1.807) is 54.6 Å². The molecule has 172 valence electrons. The fourth-order valence-electron chi connectivity index (χ4n) is 3.55. The molecule has 1 aliphatic heterocycles. The molecule has 0 bridgehead atoms. The van der Waals surface area contributed by atoms with Crippen molar-refractivity contribution in [2.45, 2.75) is 6.42 Å². The van der Waals surface area contributed by atoms with Crippen molar-refractivity contribution < 1.29 is 23.5 Å². The number of hydrogen-bond donors (Lipinski definition) is 1. The Morgan fingerprint density at radius 1 is 1.03 bits per heavy atom. The Morgan fingerprint density at radius 3 is 2.41 bits per heavy atom. The lowest BCUT2D eigenvalue weighted by Gasteiger charge is -2.26. The van der Waals surface area contributed by atoms with E-state index in [-0.39, 0.29) is 17.8 Å². The van der Waals surface area contributed by atoms with Gasteiger partial charge in [0.05, 0.1) is 12.8 Å². The van der Waals surface area contributed by atoms with E-state index in [1.807, 2.05) is 0 Å². The highest BCUT2D eigenvalue weighted by Crippen LogP contribution is 2.33. The molecule has 0 radical (unpaired) electrons. The maximum Gasteiger partial charge on any atom is 0.335 e. The number of nitrogens with one attached hydrogen (secondary N) is 1. The summed E-state index contributed by atoms with van der Waals surface area (Å²) in [4.78, 5) is 38.9. The maximum absolute atomic E-state index is 14.2. The molecule has 0 aromatic heterocycles. The molecule has 3 aromatic carbocycles. The lowest BCUT2D eigenvalue weighted by atomic mass is 10.00. The number of ether oxygens (including phenoxy) is 1. The summed E-state index contributed by atoms with van der Waals surface area (Å²) in [5.74, 6) is -1.42. The summed E-state index contributed by atoms with van der Waals surface area (Å²) in [5, 5.41) is 2.20. The molecular weight excluding hydrogens is 571 g/mol. The van der Waals surface area contributed by atoms with Gasteiger partial charge in [0.25, 0.3) is 11.8 Å². The molecule has 0 aliphatic carbocycles. The second kappa shape index (κ2) is 9.90. The van der Waals surface area contributed by atoms with Crippen LogP contribution < -0.4 is 15.0 Å². The number of carbonyl (C=O) groups is 3. The predicted octanol–water partition coefficient (Wildman–Crippen LogP) is 5.62. The Morgan fingerprint density at radius 2 is 1.74 bits per heavy atom. The first-order valence-corrected chi connectivity index (χ1v) is 11.6. The van der Waals surface area contributed by atoms with E-state index in [9.17, 15) is 18.8 Å². The Kier molecular flexibility index (Phi) is 6.95. The molecule has 1 aliphatic rings. The van der Waals surface area contributed by atoms with Gasteiger partial charge in [-0.2, -0.15) is 0 Å². The van der Waals surface area contributed by atoms with Gasteiger partial charge >= 0.3 is 6.03 Å². The smallest absolute Gasteiger partial charge is 0.335 e. The summed E-state index contributed by atoms with van der Waals surface area (Å²) in [6, 6.07) is 15.5. The fourth-order valence-corrected chi connectivity index (χ4v) is 4.41. The molecule has 1 saturated heterocycles. The zero-order valence-corrected chi connectivity index (χ0v) is 20.9. The number of methoxy groups -OCH3 is 1. The molecule has 3 aromatic rings. The van der Waals surface area contributed by atoms with Gasteiger partial charge < -0.3 is 4.74 Å². The number of hydrogen-bond acceptors (Lipinski definition) is 4. The molecule has 0 spiro atoms. The van der Waals surface area contributed by atoms with Crippen molar-refractivity contribution >= 4 is 61.5 Å². The minimum Gasteiger partial charge on any atom is -0.496 e. The Labute approximate surface area is 211 Å². The SMILES string of the molecule is COc1cc(/C=C2\C(=O)NC(=O)N(c3ccc(Br)cc3)C2=O)cc(Br)c1Cc1ccccc1F. The first-order valence-electron chi connectivity index (χ1n) is 10.1. The van der Waals surface area contributed by atoms with Gasteiger partial charge in [-0.3, -0.25) is 14.9 Å². The maximum atomic E-state index is 14.2. The second-order valence-corrected chi connectivity index (χ2v) is 9.16. The van der Waals surface area contributed by atoms with E-state index in [0.717, 1.165) is 9.37 Å². The average molecular weight is 588 g/mol. The van der Waals surface area contributed by atoms with Crippen LogP contribution in [-0.4, -0.2) is 25.0 Å². The fraction of sp³-hybridized carbons (Fsp3) is 0.0800. The topological polar surface area (TPSA) is 75.7 Å². The molecule has 6 nitrogen and oxygen atoms in total. The van der Waals surface area contributed by atoms with Crippen molar-refractivity contribution in [3.05, 3.63) is 97.7 Å². The van der Waals surface area contributed by atoms with Gasteiger partial charge in [0.15, 0.2) is 0 Å². The van der Waals surface area contributed by atoms with Crippen LogP contribution in [0.3, 0.4) is 0 Å². The first-order chi connectivity index (χ1) is 16.3. The van der Waals surface area contributed by atoms with E-state index in [1.165, 1.54) is 19.3 Å². The van der Waals surface area contributed by atoms with E-state index in [0.29, 0.717) is 32.6 Å². The monoisotopic (exact) mass is 586 g/mol. The number of anilines is 1. The van der Waals surface area contributed by atoms with E-state index >= 15 is 0 Å². The lowest BCUT2D eigenvalue weighted by Crippen LogP contribution is -2.54. The van der Waals surface area contributed by atoms with Gasteiger partial charge in [-0.15, -0.1) is 0 Å². The van der Waals surface area contributed by atoms with E-state index in [2.05, 4.69) is 37.2 Å². The largest absolute Gasteiger partial charge is 0.496 e. The van der Waals surface area contributed by atoms with Crippen LogP contribution in [0.2, 0.25) is 0 Å². The standard InChI is InChI=1S/C25H17Br2FN2O4/c1-34-22-12-14(11-20(27)18(22)13-15-4-2-3-5-21(15)28)10-19-23(31)29-25(33)30(24(19)32)17-8-6-16(26)7-9-17/h2-12H,13H2,1H3,(H,29,31,33)/b19-10+. The summed E-state index contributed by atoms with van der Waals surface area (Å²) in [6.45, 7) is 0. The van der Waals surface area contributed by atoms with Gasteiger partial charge in [-0.1, -0.05) is 50.1 Å². The zero-order valence-electron chi connectivity index (χ0n) is 17.8. The van der Waals surface area contributed by atoms with Crippen molar-refractivity contribution in [2.24, 2.45) is 0 Å². The number of halogens is 3. The van der Waals surface area contributed by atoms with Gasteiger partial charge in [0.1, 0.15) is 17.1 Å². The molecule has 1 fully saturated rings. The molecule has 4 amide bonds. The summed E-state index contributed by atoms with van der Waals surface area (Å²) in [5.41, 5.74) is 1.81. The third-order valence-corrected chi connectivity index (χ3v) is 6.46. The predicted molar refractivity (Wildman–Crippen MR) is 133 cm³/mol. The molecule has 0 atom stereocenters. The van der Waals surface area contributed by atoms with Crippen LogP contribution in [0.4, 0.5) is 14.9 Å². The summed E-state index contributed by atoms with van der Waals surface area (Å²) in [6.07, 6.45) is 1.66. The minimum absolute atomic E-state index is 0.210. The van der Waals surface area contributed by atoms with Crippen molar-refractivity contribution in [1.29, 1.82) is 0 Å². The van der Waals surface area contributed by atoms with Gasteiger partial charge in [0, 0.05) is 20.9 Å². The van der Waals surface area contributed by atoms with Crippen LogP contribution in [0.5, 0.6) is 5.75 Å². The van der Waals surface area contributed by atoms with E-state index in [4.69, 9.17) is 4.74 Å². The van der Waals surface area contributed by atoms with Crippen molar-refractivity contribution in [3.8, 4) is 5.75 Å².